The van der Waals surface area contributed by atoms with Crippen molar-refractivity contribution in [2.45, 2.75) is 58.0 Å². The molecule has 156 valence electrons. The van der Waals surface area contributed by atoms with Crippen molar-refractivity contribution in [3.05, 3.63) is 41.6 Å². The van der Waals surface area contributed by atoms with Gasteiger partial charge in [0.1, 0.15) is 5.82 Å². The van der Waals surface area contributed by atoms with Crippen LogP contribution < -0.4 is 20.9 Å². The SMILES string of the molecule is CCc1cccc(C)c1NC(=O)N[C@H]1CC[C@@H](Nc2nccc(N(C)C)n2)CC1. The Balaban J connectivity index is 1.49. The van der Waals surface area contributed by atoms with Gasteiger partial charge in [0.2, 0.25) is 5.95 Å². The van der Waals surface area contributed by atoms with Gasteiger partial charge in [-0.3, -0.25) is 0 Å². The zero-order valence-electron chi connectivity index (χ0n) is 17.8. The van der Waals surface area contributed by atoms with Crippen LogP contribution in [0.3, 0.4) is 0 Å². The second-order valence-electron chi connectivity index (χ2n) is 7.89. The van der Waals surface area contributed by atoms with Crippen LogP contribution in [0.4, 0.5) is 22.2 Å². The minimum Gasteiger partial charge on any atom is -0.363 e. The molecule has 1 aromatic heterocycles. The Labute approximate surface area is 173 Å². The Kier molecular flexibility index (Phi) is 6.90. The number of carbonyl (C=O) groups excluding carboxylic acids is 1. The van der Waals surface area contributed by atoms with E-state index in [1.807, 2.05) is 44.1 Å². The molecule has 1 heterocycles. The van der Waals surface area contributed by atoms with E-state index >= 15 is 0 Å². The Bertz CT molecular complexity index is 830. The molecule has 1 saturated carbocycles. The lowest BCUT2D eigenvalue weighted by atomic mass is 9.91. The number of urea groups is 1. The van der Waals surface area contributed by atoms with Gasteiger partial charge < -0.3 is 20.9 Å². The zero-order valence-corrected chi connectivity index (χ0v) is 17.8. The third-order valence-electron chi connectivity index (χ3n) is 5.47. The van der Waals surface area contributed by atoms with Crippen molar-refractivity contribution in [2.24, 2.45) is 0 Å². The Morgan fingerprint density at radius 3 is 2.55 bits per heavy atom. The molecule has 2 amide bonds. The molecule has 0 atom stereocenters. The third kappa shape index (κ3) is 5.59. The third-order valence-corrected chi connectivity index (χ3v) is 5.47. The molecule has 1 aliphatic rings. The Hall–Kier alpha value is -2.83. The van der Waals surface area contributed by atoms with Crippen molar-refractivity contribution in [3.63, 3.8) is 0 Å². The second kappa shape index (κ2) is 9.58. The fourth-order valence-electron chi connectivity index (χ4n) is 3.77. The van der Waals surface area contributed by atoms with E-state index < -0.39 is 0 Å². The largest absolute Gasteiger partial charge is 0.363 e. The number of aromatic nitrogens is 2. The standard InChI is InChI=1S/C22H32N6O/c1-5-16-8-6-7-15(2)20(16)27-22(29)25-18-11-9-17(10-12-18)24-21-23-14-13-19(26-21)28(3)4/h6-8,13-14,17-18H,5,9-12H2,1-4H3,(H,23,24,26)(H2,25,27,29)/t17-,18+. The van der Waals surface area contributed by atoms with Crippen LogP contribution >= 0.6 is 0 Å². The molecule has 0 bridgehead atoms. The number of anilines is 3. The van der Waals surface area contributed by atoms with Crippen LogP contribution in [0.15, 0.2) is 30.5 Å². The number of aryl methyl sites for hydroxylation is 2. The normalized spacial score (nSPS) is 18.8. The topological polar surface area (TPSA) is 82.2 Å². The lowest BCUT2D eigenvalue weighted by molar-refractivity contribution is 0.243. The van der Waals surface area contributed by atoms with Crippen LogP contribution in [0.1, 0.15) is 43.7 Å². The molecule has 0 spiro atoms. The van der Waals surface area contributed by atoms with Crippen LogP contribution in [0.25, 0.3) is 0 Å². The average Bonchev–Trinajstić information content (AvgIpc) is 2.71. The highest BCUT2D eigenvalue weighted by atomic mass is 16.2. The molecule has 2 aromatic rings. The molecule has 1 fully saturated rings. The summed E-state index contributed by atoms with van der Waals surface area (Å²) >= 11 is 0. The predicted molar refractivity (Wildman–Crippen MR) is 119 cm³/mol. The van der Waals surface area contributed by atoms with Crippen LogP contribution in [0, 0.1) is 6.92 Å². The van der Waals surface area contributed by atoms with Crippen LogP contribution in [0.5, 0.6) is 0 Å². The number of benzene rings is 1. The van der Waals surface area contributed by atoms with Crippen molar-refractivity contribution in [1.82, 2.24) is 15.3 Å². The molecule has 0 aliphatic heterocycles. The lowest BCUT2D eigenvalue weighted by Crippen LogP contribution is -2.42. The molecule has 1 aliphatic carbocycles. The van der Waals surface area contributed by atoms with E-state index in [2.05, 4.69) is 38.9 Å². The summed E-state index contributed by atoms with van der Waals surface area (Å²) in [4.78, 5) is 23.3. The molecule has 3 rings (SSSR count). The summed E-state index contributed by atoms with van der Waals surface area (Å²) in [5.41, 5.74) is 3.18. The summed E-state index contributed by atoms with van der Waals surface area (Å²) in [7, 11) is 3.93. The summed E-state index contributed by atoms with van der Waals surface area (Å²) < 4.78 is 0. The maximum Gasteiger partial charge on any atom is 0.319 e. The number of amides is 2. The van der Waals surface area contributed by atoms with Gasteiger partial charge >= 0.3 is 6.03 Å². The van der Waals surface area contributed by atoms with Crippen LogP contribution in [-0.2, 0) is 6.42 Å². The van der Waals surface area contributed by atoms with Crippen molar-refractivity contribution in [2.75, 3.05) is 29.6 Å². The molecule has 29 heavy (non-hydrogen) atoms. The van der Waals surface area contributed by atoms with Gasteiger partial charge in [0.15, 0.2) is 0 Å². The molecular weight excluding hydrogens is 364 g/mol. The monoisotopic (exact) mass is 396 g/mol. The molecule has 7 heteroatoms. The van der Waals surface area contributed by atoms with Crippen molar-refractivity contribution in [3.8, 4) is 0 Å². The van der Waals surface area contributed by atoms with Crippen molar-refractivity contribution < 1.29 is 4.79 Å². The van der Waals surface area contributed by atoms with Gasteiger partial charge in [0, 0.05) is 38.1 Å². The Morgan fingerprint density at radius 2 is 1.86 bits per heavy atom. The molecule has 1 aromatic carbocycles. The number of nitrogens with zero attached hydrogens (tertiary/aromatic N) is 3. The van der Waals surface area contributed by atoms with E-state index in [0.29, 0.717) is 12.0 Å². The number of nitrogens with one attached hydrogen (secondary N) is 3. The van der Waals surface area contributed by atoms with Gasteiger partial charge in [0.25, 0.3) is 0 Å². The van der Waals surface area contributed by atoms with E-state index in [-0.39, 0.29) is 12.1 Å². The van der Waals surface area contributed by atoms with Crippen molar-refractivity contribution in [1.29, 1.82) is 0 Å². The number of para-hydroxylation sites is 1. The van der Waals surface area contributed by atoms with Gasteiger partial charge in [-0.25, -0.2) is 9.78 Å². The van der Waals surface area contributed by atoms with Crippen LogP contribution in [0.2, 0.25) is 0 Å². The minimum absolute atomic E-state index is 0.118. The number of hydrogen-bond donors (Lipinski definition) is 3. The van der Waals surface area contributed by atoms with E-state index in [0.717, 1.165) is 54.7 Å². The smallest absolute Gasteiger partial charge is 0.319 e. The molecule has 7 nitrogen and oxygen atoms in total. The fraction of sp³-hybridized carbons (Fsp3) is 0.500. The van der Waals surface area contributed by atoms with E-state index in [1.54, 1.807) is 6.20 Å². The van der Waals surface area contributed by atoms with Gasteiger partial charge in [0.05, 0.1) is 0 Å². The highest BCUT2D eigenvalue weighted by molar-refractivity contribution is 5.91. The lowest BCUT2D eigenvalue weighted by Gasteiger charge is -2.30. The first kappa shape index (κ1) is 20.9. The van der Waals surface area contributed by atoms with Crippen LogP contribution in [-0.4, -0.2) is 42.2 Å². The molecule has 0 radical (unpaired) electrons. The number of carbonyl (C=O) groups is 1. The minimum atomic E-state index is -0.118. The first-order valence-corrected chi connectivity index (χ1v) is 10.4. The Morgan fingerprint density at radius 1 is 1.14 bits per heavy atom. The predicted octanol–water partition coefficient (Wildman–Crippen LogP) is 3.96. The van der Waals surface area contributed by atoms with Gasteiger partial charge in [-0.1, -0.05) is 25.1 Å². The van der Waals surface area contributed by atoms with Gasteiger partial charge in [-0.15, -0.1) is 0 Å². The molecule has 0 unspecified atom stereocenters. The quantitative estimate of drug-likeness (QED) is 0.688. The highest BCUT2D eigenvalue weighted by Crippen LogP contribution is 2.23. The maximum absolute atomic E-state index is 12.5. The molecule has 3 N–H and O–H groups in total. The fourth-order valence-corrected chi connectivity index (χ4v) is 3.77. The summed E-state index contributed by atoms with van der Waals surface area (Å²) in [6, 6.07) is 8.42. The molecule has 0 saturated heterocycles. The number of rotatable bonds is 6. The van der Waals surface area contributed by atoms with E-state index in [4.69, 9.17) is 0 Å². The van der Waals surface area contributed by atoms with Gasteiger partial charge in [-0.05, 0) is 56.2 Å². The highest BCUT2D eigenvalue weighted by Gasteiger charge is 2.23. The summed E-state index contributed by atoms with van der Waals surface area (Å²) in [5, 5.41) is 9.63. The van der Waals surface area contributed by atoms with Gasteiger partial charge in [-0.2, -0.15) is 4.98 Å². The summed E-state index contributed by atoms with van der Waals surface area (Å²) in [6.07, 6.45) is 6.50. The van der Waals surface area contributed by atoms with E-state index in [9.17, 15) is 4.79 Å². The summed E-state index contributed by atoms with van der Waals surface area (Å²) in [6.45, 7) is 4.13. The first-order valence-electron chi connectivity index (χ1n) is 10.4. The summed E-state index contributed by atoms with van der Waals surface area (Å²) in [5.74, 6) is 1.55. The number of hydrogen-bond acceptors (Lipinski definition) is 5. The first-order chi connectivity index (χ1) is 14.0. The van der Waals surface area contributed by atoms with Crippen molar-refractivity contribution >= 4 is 23.5 Å². The van der Waals surface area contributed by atoms with E-state index in [1.165, 1.54) is 0 Å². The second-order valence-corrected chi connectivity index (χ2v) is 7.89. The molecular formula is C22H32N6O. The maximum atomic E-state index is 12.5. The average molecular weight is 397 g/mol. The zero-order chi connectivity index (χ0) is 20.8.